The number of carbonyl (C=O) groups excluding carboxylic acids is 1. The lowest BCUT2D eigenvalue weighted by molar-refractivity contribution is -0.115. The molecule has 5 nitrogen and oxygen atoms in total. The van der Waals surface area contributed by atoms with Crippen LogP contribution in [0.1, 0.15) is 10.7 Å². The third kappa shape index (κ3) is 4.84. The Kier molecular flexibility index (Phi) is 5.30. The summed E-state index contributed by atoms with van der Waals surface area (Å²) in [5.41, 5.74) is 1.53. The molecule has 0 unspecified atom stereocenters. The van der Waals surface area contributed by atoms with E-state index in [-0.39, 0.29) is 12.3 Å². The molecule has 0 saturated heterocycles. The third-order valence-electron chi connectivity index (χ3n) is 2.75. The van der Waals surface area contributed by atoms with Crippen LogP contribution in [0.2, 0.25) is 0 Å². The highest BCUT2D eigenvalue weighted by atomic mass is 32.1. The number of thiazole rings is 1. The lowest BCUT2D eigenvalue weighted by Crippen LogP contribution is -2.15. The number of nitrogens with one attached hydrogen (secondary N) is 1. The van der Waals surface area contributed by atoms with Gasteiger partial charge in [-0.05, 0) is 26.2 Å². The van der Waals surface area contributed by atoms with Crippen molar-refractivity contribution >= 4 is 22.9 Å². The molecule has 112 valence electrons. The van der Waals surface area contributed by atoms with Crippen molar-refractivity contribution in [3.8, 4) is 5.75 Å². The molecule has 0 bridgehead atoms. The number of methoxy groups -OCH3 is 1. The zero-order chi connectivity index (χ0) is 15.2. The first-order chi connectivity index (χ1) is 10.1. The van der Waals surface area contributed by atoms with Gasteiger partial charge < -0.3 is 15.0 Å². The van der Waals surface area contributed by atoms with E-state index in [9.17, 15) is 4.79 Å². The highest BCUT2D eigenvalue weighted by molar-refractivity contribution is 7.09. The van der Waals surface area contributed by atoms with Crippen LogP contribution in [0.4, 0.5) is 5.69 Å². The Labute approximate surface area is 128 Å². The number of aromatic nitrogens is 1. The molecule has 0 aliphatic heterocycles. The van der Waals surface area contributed by atoms with Gasteiger partial charge in [0, 0.05) is 23.7 Å². The first kappa shape index (κ1) is 15.5. The average molecular weight is 305 g/mol. The van der Waals surface area contributed by atoms with E-state index in [1.54, 1.807) is 24.5 Å². The Morgan fingerprint density at radius 1 is 1.43 bits per heavy atom. The molecule has 0 saturated carbocycles. The van der Waals surface area contributed by atoms with Gasteiger partial charge in [0.15, 0.2) is 0 Å². The highest BCUT2D eigenvalue weighted by Gasteiger charge is 2.09. The summed E-state index contributed by atoms with van der Waals surface area (Å²) in [6.45, 7) is 0.794. The molecule has 1 amide bonds. The fourth-order valence-corrected chi connectivity index (χ4v) is 2.75. The molecule has 2 aromatic rings. The lowest BCUT2D eigenvalue weighted by atomic mass is 10.2. The predicted octanol–water partition coefficient (Wildman–Crippen LogP) is 2.39. The Balaban J connectivity index is 1.93. The topological polar surface area (TPSA) is 54.5 Å². The van der Waals surface area contributed by atoms with Gasteiger partial charge in [0.1, 0.15) is 10.8 Å². The van der Waals surface area contributed by atoms with E-state index in [0.29, 0.717) is 0 Å². The van der Waals surface area contributed by atoms with E-state index < -0.39 is 0 Å². The molecule has 6 heteroatoms. The third-order valence-corrected chi connectivity index (χ3v) is 3.63. The predicted molar refractivity (Wildman–Crippen MR) is 84.8 cm³/mol. The Morgan fingerprint density at radius 3 is 2.95 bits per heavy atom. The van der Waals surface area contributed by atoms with E-state index in [1.807, 2.05) is 37.7 Å². The number of ether oxygens (including phenoxy) is 1. The van der Waals surface area contributed by atoms with Crippen LogP contribution in [-0.4, -0.2) is 37.0 Å². The SMILES string of the molecule is COc1cccc(NC(=O)Cc2csc(CN(C)C)n2)c1. The van der Waals surface area contributed by atoms with Crippen LogP contribution in [0.15, 0.2) is 29.6 Å². The number of carbonyl (C=O) groups is 1. The number of hydrogen-bond acceptors (Lipinski definition) is 5. The van der Waals surface area contributed by atoms with E-state index in [1.165, 1.54) is 0 Å². The highest BCUT2D eigenvalue weighted by Crippen LogP contribution is 2.17. The van der Waals surface area contributed by atoms with E-state index in [0.717, 1.165) is 28.7 Å². The summed E-state index contributed by atoms with van der Waals surface area (Å²) in [5, 5.41) is 5.80. The van der Waals surface area contributed by atoms with Gasteiger partial charge >= 0.3 is 0 Å². The molecule has 0 fully saturated rings. The van der Waals surface area contributed by atoms with Crippen molar-refractivity contribution in [2.75, 3.05) is 26.5 Å². The van der Waals surface area contributed by atoms with Gasteiger partial charge in [-0.15, -0.1) is 11.3 Å². The van der Waals surface area contributed by atoms with Crippen molar-refractivity contribution in [1.29, 1.82) is 0 Å². The molecule has 2 rings (SSSR count). The normalized spacial score (nSPS) is 10.7. The van der Waals surface area contributed by atoms with E-state index in [2.05, 4.69) is 15.2 Å². The number of benzene rings is 1. The lowest BCUT2D eigenvalue weighted by Gasteiger charge is -2.06. The maximum absolute atomic E-state index is 12.0. The summed E-state index contributed by atoms with van der Waals surface area (Å²) < 4.78 is 5.13. The minimum atomic E-state index is -0.0787. The first-order valence-electron chi connectivity index (χ1n) is 6.58. The van der Waals surface area contributed by atoms with Gasteiger partial charge in [-0.1, -0.05) is 6.07 Å². The number of nitrogens with zero attached hydrogens (tertiary/aromatic N) is 2. The van der Waals surface area contributed by atoms with Crippen molar-refractivity contribution in [2.24, 2.45) is 0 Å². The number of anilines is 1. The van der Waals surface area contributed by atoms with Crippen LogP contribution in [-0.2, 0) is 17.8 Å². The van der Waals surface area contributed by atoms with Crippen LogP contribution >= 0.6 is 11.3 Å². The van der Waals surface area contributed by atoms with Gasteiger partial charge in [-0.3, -0.25) is 4.79 Å². The van der Waals surface area contributed by atoms with Crippen LogP contribution in [0.5, 0.6) is 5.75 Å². The van der Waals surface area contributed by atoms with Crippen molar-refractivity contribution in [3.05, 3.63) is 40.3 Å². The maximum atomic E-state index is 12.0. The van der Waals surface area contributed by atoms with Crippen LogP contribution in [0.25, 0.3) is 0 Å². The largest absolute Gasteiger partial charge is 0.497 e. The van der Waals surface area contributed by atoms with Crippen molar-refractivity contribution in [3.63, 3.8) is 0 Å². The van der Waals surface area contributed by atoms with E-state index in [4.69, 9.17) is 4.74 Å². The first-order valence-corrected chi connectivity index (χ1v) is 7.46. The second-order valence-electron chi connectivity index (χ2n) is 4.93. The van der Waals surface area contributed by atoms with Gasteiger partial charge in [-0.25, -0.2) is 4.98 Å². The van der Waals surface area contributed by atoms with Crippen LogP contribution in [0.3, 0.4) is 0 Å². The summed E-state index contributed by atoms with van der Waals surface area (Å²) in [6.07, 6.45) is 0.279. The van der Waals surface area contributed by atoms with Gasteiger partial charge in [-0.2, -0.15) is 0 Å². The molecule has 0 aliphatic carbocycles. The zero-order valence-electron chi connectivity index (χ0n) is 12.4. The Morgan fingerprint density at radius 2 is 2.24 bits per heavy atom. The molecule has 0 atom stereocenters. The van der Waals surface area contributed by atoms with Crippen LogP contribution < -0.4 is 10.1 Å². The fourth-order valence-electron chi connectivity index (χ4n) is 1.84. The van der Waals surface area contributed by atoms with Crippen LogP contribution in [0, 0.1) is 0 Å². The summed E-state index contributed by atoms with van der Waals surface area (Å²) in [4.78, 5) is 18.5. The number of amides is 1. The molecule has 0 spiro atoms. The molecule has 1 aromatic heterocycles. The molecular formula is C15H19N3O2S. The van der Waals surface area contributed by atoms with Crippen molar-refractivity contribution in [1.82, 2.24) is 9.88 Å². The monoisotopic (exact) mass is 305 g/mol. The summed E-state index contributed by atoms with van der Waals surface area (Å²) in [7, 11) is 5.59. The summed E-state index contributed by atoms with van der Waals surface area (Å²) in [5.74, 6) is 0.639. The molecular weight excluding hydrogens is 286 g/mol. The smallest absolute Gasteiger partial charge is 0.230 e. The number of rotatable bonds is 6. The standard InChI is InChI=1S/C15H19N3O2S/c1-18(2)9-15-17-12(10-21-15)8-14(19)16-11-5-4-6-13(7-11)20-3/h4-7,10H,8-9H2,1-3H3,(H,16,19). The van der Waals surface area contributed by atoms with Crippen molar-refractivity contribution < 1.29 is 9.53 Å². The maximum Gasteiger partial charge on any atom is 0.230 e. The zero-order valence-corrected chi connectivity index (χ0v) is 13.2. The second kappa shape index (κ2) is 7.19. The van der Waals surface area contributed by atoms with Gasteiger partial charge in [0.05, 0.1) is 19.2 Å². The van der Waals surface area contributed by atoms with Gasteiger partial charge in [0.2, 0.25) is 5.91 Å². The van der Waals surface area contributed by atoms with Gasteiger partial charge in [0.25, 0.3) is 0 Å². The Bertz CT molecular complexity index is 610. The summed E-state index contributed by atoms with van der Waals surface area (Å²) >= 11 is 1.58. The molecule has 1 aromatic carbocycles. The van der Waals surface area contributed by atoms with E-state index >= 15 is 0 Å². The number of hydrogen-bond donors (Lipinski definition) is 1. The second-order valence-corrected chi connectivity index (χ2v) is 5.87. The quantitative estimate of drug-likeness (QED) is 0.890. The molecule has 1 heterocycles. The molecule has 21 heavy (non-hydrogen) atoms. The Hall–Kier alpha value is -1.92. The minimum absolute atomic E-state index is 0.0787. The minimum Gasteiger partial charge on any atom is -0.497 e. The average Bonchev–Trinajstić information content (AvgIpc) is 2.85. The fraction of sp³-hybridized carbons (Fsp3) is 0.333. The molecule has 1 N–H and O–H groups in total. The van der Waals surface area contributed by atoms with Crippen molar-refractivity contribution in [2.45, 2.75) is 13.0 Å². The molecule has 0 aliphatic rings. The molecule has 0 radical (unpaired) electrons. The summed E-state index contributed by atoms with van der Waals surface area (Å²) in [6, 6.07) is 7.30.